The van der Waals surface area contributed by atoms with E-state index >= 15 is 0 Å². The van der Waals surface area contributed by atoms with Crippen LogP contribution in [0.15, 0.2) is 28.7 Å². The first-order valence-corrected chi connectivity index (χ1v) is 6.76. The Bertz CT molecular complexity index is 397. The van der Waals surface area contributed by atoms with Crippen LogP contribution in [0.4, 0.5) is 0 Å². The molecule has 0 aromatic heterocycles. The molecule has 0 radical (unpaired) electrons. The van der Waals surface area contributed by atoms with Crippen LogP contribution in [0.5, 0.6) is 5.75 Å². The number of carbonyl (C=O) groups excluding carboxylic acids is 1. The van der Waals surface area contributed by atoms with Crippen LogP contribution in [0.25, 0.3) is 0 Å². The molecule has 106 valence electrons. The molecule has 5 nitrogen and oxygen atoms in total. The minimum atomic E-state index is -0.648. The Morgan fingerprint density at radius 1 is 1.42 bits per heavy atom. The van der Waals surface area contributed by atoms with E-state index in [2.05, 4.69) is 21.2 Å². The third kappa shape index (κ3) is 6.04. The number of hydrogen-bond donors (Lipinski definition) is 2. The predicted octanol–water partition coefficient (Wildman–Crippen LogP) is 1.31. The fourth-order valence-electron chi connectivity index (χ4n) is 1.42. The molecule has 1 aromatic carbocycles. The van der Waals surface area contributed by atoms with Gasteiger partial charge < -0.3 is 20.5 Å². The van der Waals surface area contributed by atoms with Crippen molar-refractivity contribution in [3.05, 3.63) is 28.7 Å². The summed E-state index contributed by atoms with van der Waals surface area (Å²) in [6.07, 6.45) is -0.139. The van der Waals surface area contributed by atoms with Gasteiger partial charge in [0.1, 0.15) is 17.9 Å². The molecule has 0 aliphatic rings. The number of carbonyl (C=O) groups is 1. The molecule has 1 amide bonds. The fourth-order valence-corrected chi connectivity index (χ4v) is 1.68. The third-order valence-corrected chi connectivity index (χ3v) is 2.93. The van der Waals surface area contributed by atoms with Gasteiger partial charge in [0.25, 0.3) is 0 Å². The van der Waals surface area contributed by atoms with Gasteiger partial charge in [-0.25, -0.2) is 0 Å². The summed E-state index contributed by atoms with van der Waals surface area (Å²) in [4.78, 5) is 11.6. The van der Waals surface area contributed by atoms with Crippen LogP contribution in [0, 0.1) is 0 Å². The molecule has 0 bridgehead atoms. The van der Waals surface area contributed by atoms with Crippen LogP contribution in [-0.4, -0.2) is 38.3 Å². The molecular formula is C13H19BrN2O3. The topological polar surface area (TPSA) is 73.6 Å². The van der Waals surface area contributed by atoms with Crippen LogP contribution in [-0.2, 0) is 9.53 Å². The lowest BCUT2D eigenvalue weighted by molar-refractivity contribution is -0.123. The van der Waals surface area contributed by atoms with Gasteiger partial charge in [-0.05, 0) is 31.2 Å². The van der Waals surface area contributed by atoms with Crippen LogP contribution in [0.2, 0.25) is 0 Å². The van der Waals surface area contributed by atoms with E-state index in [1.165, 1.54) is 7.11 Å². The van der Waals surface area contributed by atoms with E-state index < -0.39 is 6.04 Å². The molecule has 0 aliphatic carbocycles. The summed E-state index contributed by atoms with van der Waals surface area (Å²) in [5.41, 5.74) is 5.60. The van der Waals surface area contributed by atoms with Gasteiger partial charge in [0.15, 0.2) is 0 Å². The maximum Gasteiger partial charge on any atom is 0.239 e. The van der Waals surface area contributed by atoms with Crippen molar-refractivity contribution in [3.63, 3.8) is 0 Å². The third-order valence-electron chi connectivity index (χ3n) is 2.40. The van der Waals surface area contributed by atoms with Gasteiger partial charge in [0.05, 0.1) is 13.2 Å². The lowest BCUT2D eigenvalue weighted by Gasteiger charge is -2.17. The summed E-state index contributed by atoms with van der Waals surface area (Å²) in [7, 11) is 1.51. The first-order chi connectivity index (χ1) is 9.02. The predicted molar refractivity (Wildman–Crippen MR) is 77.1 cm³/mol. The van der Waals surface area contributed by atoms with Gasteiger partial charge in [-0.1, -0.05) is 15.9 Å². The molecule has 0 spiro atoms. The Hall–Kier alpha value is -1.11. The summed E-state index contributed by atoms with van der Waals surface area (Å²) >= 11 is 3.35. The average molecular weight is 331 g/mol. The zero-order chi connectivity index (χ0) is 14.3. The summed E-state index contributed by atoms with van der Waals surface area (Å²) in [5, 5.41) is 2.72. The molecule has 1 aromatic rings. The van der Waals surface area contributed by atoms with Crippen molar-refractivity contribution < 1.29 is 14.3 Å². The molecule has 2 unspecified atom stereocenters. The van der Waals surface area contributed by atoms with Crippen LogP contribution < -0.4 is 15.8 Å². The van der Waals surface area contributed by atoms with E-state index in [0.717, 1.165) is 10.2 Å². The van der Waals surface area contributed by atoms with E-state index in [1.54, 1.807) is 0 Å². The van der Waals surface area contributed by atoms with Crippen molar-refractivity contribution in [2.75, 3.05) is 20.3 Å². The molecule has 0 fully saturated rings. The van der Waals surface area contributed by atoms with Crippen LogP contribution in [0.1, 0.15) is 6.92 Å². The first kappa shape index (κ1) is 15.9. The number of halogens is 1. The number of amides is 1. The number of nitrogens with two attached hydrogens (primary N) is 1. The molecule has 6 heteroatoms. The molecule has 0 saturated heterocycles. The van der Waals surface area contributed by atoms with E-state index in [-0.39, 0.29) is 18.6 Å². The fraction of sp³-hybridized carbons (Fsp3) is 0.462. The lowest BCUT2D eigenvalue weighted by atomic mass is 10.3. The number of benzene rings is 1. The Balaban J connectivity index is 2.33. The highest BCUT2D eigenvalue weighted by Crippen LogP contribution is 2.17. The smallest absolute Gasteiger partial charge is 0.239 e. The van der Waals surface area contributed by atoms with E-state index in [0.29, 0.717) is 6.54 Å². The van der Waals surface area contributed by atoms with Crippen LogP contribution >= 0.6 is 15.9 Å². The highest BCUT2D eigenvalue weighted by molar-refractivity contribution is 9.10. The van der Waals surface area contributed by atoms with Gasteiger partial charge in [-0.15, -0.1) is 0 Å². The first-order valence-electron chi connectivity index (χ1n) is 5.97. The lowest BCUT2D eigenvalue weighted by Crippen LogP contribution is -2.46. The second-order valence-electron chi connectivity index (χ2n) is 4.19. The highest BCUT2D eigenvalue weighted by atomic mass is 79.9. The zero-order valence-electron chi connectivity index (χ0n) is 11.1. The van der Waals surface area contributed by atoms with E-state index in [9.17, 15) is 4.79 Å². The zero-order valence-corrected chi connectivity index (χ0v) is 12.6. The van der Waals surface area contributed by atoms with Crippen molar-refractivity contribution in [1.82, 2.24) is 5.32 Å². The van der Waals surface area contributed by atoms with Gasteiger partial charge in [-0.2, -0.15) is 0 Å². The van der Waals surface area contributed by atoms with E-state index in [4.69, 9.17) is 15.2 Å². The quantitative estimate of drug-likeness (QED) is 0.790. The van der Waals surface area contributed by atoms with Crippen molar-refractivity contribution in [1.29, 1.82) is 0 Å². The Morgan fingerprint density at radius 3 is 2.63 bits per heavy atom. The normalized spacial score (nSPS) is 13.7. The summed E-state index contributed by atoms with van der Waals surface area (Å²) < 4.78 is 11.5. The summed E-state index contributed by atoms with van der Waals surface area (Å²) in [6, 6.07) is 6.87. The van der Waals surface area contributed by atoms with Gasteiger partial charge in [0, 0.05) is 11.6 Å². The second kappa shape index (κ2) is 8.14. The standard InChI is InChI=1S/C13H19BrN2O3/c1-9(7-16-13(17)12(15)8-18-2)19-11-5-3-10(14)4-6-11/h3-6,9,12H,7-8,15H2,1-2H3,(H,16,17). The second-order valence-corrected chi connectivity index (χ2v) is 5.11. The minimum absolute atomic E-state index is 0.139. The molecular weight excluding hydrogens is 312 g/mol. The Morgan fingerprint density at radius 2 is 2.05 bits per heavy atom. The van der Waals surface area contributed by atoms with Gasteiger partial charge >= 0.3 is 0 Å². The minimum Gasteiger partial charge on any atom is -0.489 e. The van der Waals surface area contributed by atoms with Crippen molar-refractivity contribution >= 4 is 21.8 Å². The number of hydrogen-bond acceptors (Lipinski definition) is 4. The van der Waals surface area contributed by atoms with Crippen molar-refractivity contribution in [2.24, 2.45) is 5.73 Å². The molecule has 0 saturated carbocycles. The summed E-state index contributed by atoms with van der Waals surface area (Å²) in [5.74, 6) is 0.513. The van der Waals surface area contributed by atoms with Crippen molar-refractivity contribution in [3.8, 4) is 5.75 Å². The molecule has 0 heterocycles. The highest BCUT2D eigenvalue weighted by Gasteiger charge is 2.14. The molecule has 19 heavy (non-hydrogen) atoms. The SMILES string of the molecule is COCC(N)C(=O)NCC(C)Oc1ccc(Br)cc1. The Labute approximate surface area is 121 Å². The van der Waals surface area contributed by atoms with Gasteiger partial charge in [-0.3, -0.25) is 4.79 Å². The molecule has 2 atom stereocenters. The van der Waals surface area contributed by atoms with Gasteiger partial charge in [0.2, 0.25) is 5.91 Å². The monoisotopic (exact) mass is 330 g/mol. The summed E-state index contributed by atoms with van der Waals surface area (Å²) in [6.45, 7) is 2.48. The molecule has 1 rings (SSSR count). The largest absolute Gasteiger partial charge is 0.489 e. The maximum atomic E-state index is 11.6. The Kier molecular flexibility index (Phi) is 6.83. The number of nitrogens with one attached hydrogen (secondary N) is 1. The van der Waals surface area contributed by atoms with Crippen LogP contribution in [0.3, 0.4) is 0 Å². The molecule has 0 aliphatic heterocycles. The maximum absolute atomic E-state index is 11.6. The number of ether oxygens (including phenoxy) is 2. The average Bonchev–Trinajstić information content (AvgIpc) is 2.39. The number of rotatable bonds is 7. The number of methoxy groups -OCH3 is 1. The van der Waals surface area contributed by atoms with Crippen molar-refractivity contribution in [2.45, 2.75) is 19.1 Å². The molecule has 3 N–H and O–H groups in total. The van der Waals surface area contributed by atoms with E-state index in [1.807, 2.05) is 31.2 Å².